The highest BCUT2D eigenvalue weighted by molar-refractivity contribution is 7.92. The van der Waals surface area contributed by atoms with Crippen LogP contribution in [0.15, 0.2) is 88.7 Å². The number of anilines is 1. The van der Waals surface area contributed by atoms with Crippen LogP contribution in [0.2, 0.25) is 0 Å². The zero-order chi connectivity index (χ0) is 34.2. The van der Waals surface area contributed by atoms with E-state index in [4.69, 9.17) is 9.47 Å². The molecule has 2 N–H and O–H groups in total. The van der Waals surface area contributed by atoms with Crippen molar-refractivity contribution >= 4 is 31.6 Å². The van der Waals surface area contributed by atoms with Gasteiger partial charge in [0.05, 0.1) is 40.2 Å². The number of hydrogen-bond donors (Lipinski definition) is 2. The Kier molecular flexibility index (Phi) is 12.4. The fourth-order valence-electron chi connectivity index (χ4n) is 5.39. The average Bonchev–Trinajstić information content (AvgIpc) is 3.06. The third kappa shape index (κ3) is 9.32. The van der Waals surface area contributed by atoms with Gasteiger partial charge < -0.3 is 19.5 Å². The molecule has 0 saturated carbocycles. The Balaban J connectivity index is 1.68. The standard InChI is InChI=1S/C34H45N3O8S2/c1-25-22-37(26(2)24-38)34(39)31-21-28(35-46(40,41)29-14-7-5-8-15-29)18-19-32(31)45-27(3)13-11-12-20-44-33(25)23-36(4)47(42,43)30-16-9-6-10-17-30/h5-10,14-19,21,25-27,33,35,38H,11-13,20,22-24H2,1-4H3/t25-,26-,27+,33+/m0/s1. The van der Waals surface area contributed by atoms with Crippen molar-refractivity contribution < 1.29 is 36.2 Å². The quantitative estimate of drug-likeness (QED) is 0.333. The van der Waals surface area contributed by atoms with Crippen molar-refractivity contribution in [1.82, 2.24) is 9.21 Å². The molecule has 0 radical (unpaired) electrons. The maximum absolute atomic E-state index is 14.3. The SMILES string of the molecule is C[C@@H]1CCCCO[C@H](CN(C)S(=O)(=O)c2ccccc2)[C@@H](C)CN([C@@H](C)CO)C(=O)c2cc(NS(=O)(=O)c3ccccc3)ccc2O1. The summed E-state index contributed by atoms with van der Waals surface area (Å²) in [6.07, 6.45) is 1.32. The highest BCUT2D eigenvalue weighted by Crippen LogP contribution is 2.30. The van der Waals surface area contributed by atoms with Gasteiger partial charge in [-0.05, 0) is 75.6 Å². The highest BCUT2D eigenvalue weighted by atomic mass is 32.2. The van der Waals surface area contributed by atoms with Crippen LogP contribution in [0.25, 0.3) is 0 Å². The molecule has 3 aromatic carbocycles. The van der Waals surface area contributed by atoms with E-state index in [0.717, 1.165) is 12.8 Å². The second kappa shape index (κ2) is 16.1. The number of hydrogen-bond acceptors (Lipinski definition) is 8. The van der Waals surface area contributed by atoms with Gasteiger partial charge in [0.15, 0.2) is 0 Å². The van der Waals surface area contributed by atoms with E-state index in [1.165, 1.54) is 34.5 Å². The summed E-state index contributed by atoms with van der Waals surface area (Å²) < 4.78 is 69.2. The van der Waals surface area contributed by atoms with Crippen LogP contribution in [0.1, 0.15) is 50.4 Å². The zero-order valence-electron chi connectivity index (χ0n) is 27.3. The number of sulfonamides is 2. The van der Waals surface area contributed by atoms with Crippen LogP contribution in [0.5, 0.6) is 5.75 Å². The lowest BCUT2D eigenvalue weighted by Gasteiger charge is -2.35. The maximum atomic E-state index is 14.3. The van der Waals surface area contributed by atoms with Gasteiger partial charge in [-0.3, -0.25) is 9.52 Å². The summed E-state index contributed by atoms with van der Waals surface area (Å²) in [6, 6.07) is 20.1. The molecule has 0 unspecified atom stereocenters. The minimum atomic E-state index is -3.94. The Hall–Kier alpha value is -3.49. The smallest absolute Gasteiger partial charge is 0.261 e. The van der Waals surface area contributed by atoms with Crippen molar-refractivity contribution in [3.8, 4) is 5.75 Å². The number of nitrogens with zero attached hydrogens (tertiary/aromatic N) is 2. The lowest BCUT2D eigenvalue weighted by molar-refractivity contribution is -0.00833. The summed E-state index contributed by atoms with van der Waals surface area (Å²) in [5.74, 6) is -0.527. The van der Waals surface area contributed by atoms with E-state index in [1.54, 1.807) is 67.6 Å². The molecule has 4 atom stereocenters. The average molecular weight is 688 g/mol. The molecule has 0 fully saturated rings. The Bertz CT molecular complexity index is 1690. The Morgan fingerprint density at radius 3 is 2.23 bits per heavy atom. The molecule has 1 aliphatic heterocycles. The van der Waals surface area contributed by atoms with Gasteiger partial charge in [-0.25, -0.2) is 16.8 Å². The summed E-state index contributed by atoms with van der Waals surface area (Å²) in [4.78, 5) is 16.1. The van der Waals surface area contributed by atoms with Crippen LogP contribution in [0.3, 0.4) is 0 Å². The summed E-state index contributed by atoms with van der Waals surface area (Å²) >= 11 is 0. The molecule has 4 rings (SSSR count). The van der Waals surface area contributed by atoms with Gasteiger partial charge in [-0.15, -0.1) is 0 Å². The summed E-state index contributed by atoms with van der Waals surface area (Å²) in [5, 5.41) is 10.2. The van der Waals surface area contributed by atoms with Crippen LogP contribution in [0, 0.1) is 5.92 Å². The van der Waals surface area contributed by atoms with Gasteiger partial charge in [0.1, 0.15) is 5.75 Å². The Morgan fingerprint density at radius 2 is 1.60 bits per heavy atom. The van der Waals surface area contributed by atoms with Gasteiger partial charge in [0.2, 0.25) is 10.0 Å². The van der Waals surface area contributed by atoms with E-state index in [9.17, 15) is 26.7 Å². The first-order chi connectivity index (χ1) is 22.3. The number of nitrogens with one attached hydrogen (secondary N) is 1. The molecule has 1 amide bonds. The number of aliphatic hydroxyl groups is 1. The summed E-state index contributed by atoms with van der Waals surface area (Å²) in [7, 11) is -6.22. The molecule has 11 nitrogen and oxygen atoms in total. The van der Waals surface area contributed by atoms with Crippen molar-refractivity contribution in [2.75, 3.05) is 38.1 Å². The normalized spacial score (nSPS) is 20.9. The molecule has 13 heteroatoms. The first-order valence-corrected chi connectivity index (χ1v) is 18.7. The summed E-state index contributed by atoms with van der Waals surface area (Å²) in [5.41, 5.74) is 0.313. The zero-order valence-corrected chi connectivity index (χ0v) is 28.9. The minimum absolute atomic E-state index is 0.0510. The van der Waals surface area contributed by atoms with Crippen LogP contribution in [0.4, 0.5) is 5.69 Å². The molecule has 0 bridgehead atoms. The lowest BCUT2D eigenvalue weighted by Crippen LogP contribution is -2.48. The third-order valence-corrected chi connectivity index (χ3v) is 11.5. The van der Waals surface area contributed by atoms with E-state index in [0.29, 0.717) is 18.8 Å². The maximum Gasteiger partial charge on any atom is 0.261 e. The van der Waals surface area contributed by atoms with Crippen molar-refractivity contribution in [2.45, 2.75) is 68.1 Å². The molecule has 0 spiro atoms. The van der Waals surface area contributed by atoms with E-state index in [1.807, 2.05) is 13.8 Å². The molecule has 0 aliphatic carbocycles. The van der Waals surface area contributed by atoms with Crippen LogP contribution < -0.4 is 9.46 Å². The highest BCUT2D eigenvalue weighted by Gasteiger charge is 2.32. The van der Waals surface area contributed by atoms with Crippen molar-refractivity contribution in [2.24, 2.45) is 5.92 Å². The van der Waals surface area contributed by atoms with Gasteiger partial charge in [-0.2, -0.15) is 4.31 Å². The van der Waals surface area contributed by atoms with Crippen molar-refractivity contribution in [3.63, 3.8) is 0 Å². The summed E-state index contributed by atoms with van der Waals surface area (Å²) in [6.45, 7) is 5.73. The monoisotopic (exact) mass is 687 g/mol. The van der Waals surface area contributed by atoms with Crippen LogP contribution >= 0.6 is 0 Å². The minimum Gasteiger partial charge on any atom is -0.490 e. The molecule has 1 aliphatic rings. The van der Waals surface area contributed by atoms with Gasteiger partial charge in [-0.1, -0.05) is 43.3 Å². The third-order valence-electron chi connectivity index (χ3n) is 8.25. The van der Waals surface area contributed by atoms with Crippen molar-refractivity contribution in [3.05, 3.63) is 84.4 Å². The van der Waals surface area contributed by atoms with Gasteiger partial charge in [0.25, 0.3) is 15.9 Å². The van der Waals surface area contributed by atoms with Gasteiger partial charge >= 0.3 is 0 Å². The Morgan fingerprint density at radius 1 is 0.957 bits per heavy atom. The number of fused-ring (bicyclic) bond motifs is 1. The number of ether oxygens (including phenoxy) is 2. The number of amides is 1. The number of aliphatic hydroxyl groups excluding tert-OH is 1. The Labute approximate surface area is 278 Å². The molecule has 0 aromatic heterocycles. The largest absolute Gasteiger partial charge is 0.490 e. The predicted octanol–water partition coefficient (Wildman–Crippen LogP) is 4.60. The second-order valence-electron chi connectivity index (χ2n) is 12.0. The van der Waals surface area contributed by atoms with Crippen molar-refractivity contribution in [1.29, 1.82) is 0 Å². The molecular weight excluding hydrogens is 643 g/mol. The molecule has 47 heavy (non-hydrogen) atoms. The fraction of sp³-hybridized carbons (Fsp3) is 0.441. The molecular formula is C34H45N3O8S2. The number of rotatable bonds is 9. The predicted molar refractivity (Wildman–Crippen MR) is 180 cm³/mol. The second-order valence-corrected chi connectivity index (χ2v) is 15.8. The van der Waals surface area contributed by atoms with E-state index >= 15 is 0 Å². The topological polar surface area (TPSA) is 143 Å². The molecule has 0 saturated heterocycles. The molecule has 3 aromatic rings. The van der Waals surface area contributed by atoms with E-state index in [2.05, 4.69) is 4.72 Å². The number of likely N-dealkylation sites (N-methyl/N-ethyl adjacent to an activating group) is 1. The molecule has 256 valence electrons. The van der Waals surface area contributed by atoms with E-state index < -0.39 is 38.1 Å². The molecule has 1 heterocycles. The first-order valence-electron chi connectivity index (χ1n) is 15.8. The van der Waals surface area contributed by atoms with E-state index in [-0.39, 0.29) is 52.8 Å². The fourth-order valence-corrected chi connectivity index (χ4v) is 7.66. The lowest BCUT2D eigenvalue weighted by atomic mass is 10.0. The van der Waals surface area contributed by atoms with Crippen LogP contribution in [-0.4, -0.2) is 88.7 Å². The number of carbonyl (C=O) groups is 1. The first kappa shape index (κ1) is 36.3. The van der Waals surface area contributed by atoms with Crippen LogP contribution in [-0.2, 0) is 24.8 Å². The number of benzene rings is 3. The number of carbonyl (C=O) groups excluding carboxylic acids is 1. The van der Waals surface area contributed by atoms with Gasteiger partial charge in [0, 0.05) is 38.3 Å².